The molecule has 0 spiro atoms. The SMILES string of the molecule is O=C(O)CCc1cn(CCCn2cnc3c(Br)c(Br)c(Br)c(Br)c32)nn1. The smallest absolute Gasteiger partial charge is 0.303 e. The van der Waals surface area contributed by atoms with Crippen molar-refractivity contribution in [3.8, 4) is 0 Å². The third kappa shape index (κ3) is 4.20. The van der Waals surface area contributed by atoms with Crippen LogP contribution in [0.5, 0.6) is 0 Å². The van der Waals surface area contributed by atoms with E-state index in [1.165, 1.54) is 0 Å². The van der Waals surface area contributed by atoms with E-state index in [9.17, 15) is 4.79 Å². The van der Waals surface area contributed by atoms with Crippen molar-refractivity contribution < 1.29 is 9.90 Å². The molecule has 138 valence electrons. The van der Waals surface area contributed by atoms with Crippen LogP contribution in [-0.2, 0) is 24.3 Å². The van der Waals surface area contributed by atoms with Crippen molar-refractivity contribution in [3.05, 3.63) is 36.1 Å². The average Bonchev–Trinajstić information content (AvgIpc) is 3.23. The molecule has 0 atom stereocenters. The number of aliphatic carboxylic acids is 1. The van der Waals surface area contributed by atoms with Crippen LogP contribution < -0.4 is 0 Å². The van der Waals surface area contributed by atoms with E-state index in [4.69, 9.17) is 5.11 Å². The molecule has 0 aliphatic carbocycles. The highest BCUT2D eigenvalue weighted by Crippen LogP contribution is 2.42. The lowest BCUT2D eigenvalue weighted by Crippen LogP contribution is -2.04. The van der Waals surface area contributed by atoms with E-state index in [1.54, 1.807) is 10.9 Å². The van der Waals surface area contributed by atoms with Crippen molar-refractivity contribution in [1.82, 2.24) is 24.5 Å². The molecule has 2 aromatic heterocycles. The van der Waals surface area contributed by atoms with Gasteiger partial charge in [0.1, 0.15) is 5.52 Å². The fraction of sp³-hybridized carbons (Fsp3) is 0.333. The Morgan fingerprint density at radius 3 is 2.54 bits per heavy atom. The lowest BCUT2D eigenvalue weighted by atomic mass is 10.2. The molecule has 0 amide bonds. The number of halogens is 4. The molecule has 0 radical (unpaired) electrons. The molecule has 3 aromatic rings. The average molecular weight is 615 g/mol. The second-order valence-corrected chi connectivity index (χ2v) is 8.78. The van der Waals surface area contributed by atoms with Gasteiger partial charge in [-0.1, -0.05) is 5.21 Å². The summed E-state index contributed by atoms with van der Waals surface area (Å²) in [6.45, 7) is 1.45. The summed E-state index contributed by atoms with van der Waals surface area (Å²) >= 11 is 14.3. The Morgan fingerprint density at radius 2 is 1.81 bits per heavy atom. The summed E-state index contributed by atoms with van der Waals surface area (Å²) in [5, 5.41) is 16.8. The van der Waals surface area contributed by atoms with Gasteiger partial charge >= 0.3 is 5.97 Å². The number of fused-ring (bicyclic) bond motifs is 1. The first-order valence-electron chi connectivity index (χ1n) is 7.66. The molecule has 11 heteroatoms. The van der Waals surface area contributed by atoms with E-state index in [0.717, 1.165) is 41.9 Å². The second kappa shape index (κ2) is 8.49. The number of carbonyl (C=O) groups is 1. The van der Waals surface area contributed by atoms with Gasteiger partial charge in [-0.05, 0) is 70.1 Å². The molecule has 0 saturated heterocycles. The molecule has 3 rings (SSSR count). The molecule has 1 aromatic carbocycles. The summed E-state index contributed by atoms with van der Waals surface area (Å²) in [6, 6.07) is 0. The number of hydrogen-bond donors (Lipinski definition) is 1. The van der Waals surface area contributed by atoms with Crippen LogP contribution in [0.4, 0.5) is 0 Å². The van der Waals surface area contributed by atoms with E-state index < -0.39 is 5.97 Å². The largest absolute Gasteiger partial charge is 0.481 e. The van der Waals surface area contributed by atoms with Crippen LogP contribution >= 0.6 is 63.7 Å². The minimum Gasteiger partial charge on any atom is -0.481 e. The lowest BCUT2D eigenvalue weighted by molar-refractivity contribution is -0.136. The molecule has 2 heterocycles. The van der Waals surface area contributed by atoms with Crippen molar-refractivity contribution in [2.45, 2.75) is 32.4 Å². The standard InChI is InChI=1S/C15H13Br4N5O2/c16-10-11(17)13(19)15-14(12(10)18)20-7-23(15)4-1-5-24-6-8(21-22-24)2-3-9(25)26/h6-7H,1-5H2,(H,25,26). The summed E-state index contributed by atoms with van der Waals surface area (Å²) in [4.78, 5) is 15.1. The molecule has 0 fully saturated rings. The molecule has 0 bridgehead atoms. The summed E-state index contributed by atoms with van der Waals surface area (Å²) in [5.74, 6) is -0.832. The Kier molecular flexibility index (Phi) is 6.52. The maximum absolute atomic E-state index is 10.6. The number of carboxylic acid groups (broad SMARTS) is 1. The van der Waals surface area contributed by atoms with Gasteiger partial charge in [0, 0.05) is 34.7 Å². The van der Waals surface area contributed by atoms with Crippen LogP contribution in [-0.4, -0.2) is 35.6 Å². The number of carboxylic acids is 1. The van der Waals surface area contributed by atoms with Crippen LogP contribution in [0, 0.1) is 0 Å². The van der Waals surface area contributed by atoms with E-state index in [-0.39, 0.29) is 6.42 Å². The minimum absolute atomic E-state index is 0.0626. The first kappa shape index (κ1) is 20.0. The number of benzene rings is 1. The quantitative estimate of drug-likeness (QED) is 0.306. The van der Waals surface area contributed by atoms with Gasteiger partial charge in [-0.15, -0.1) is 5.10 Å². The van der Waals surface area contributed by atoms with Gasteiger partial charge in [0.05, 0.1) is 32.9 Å². The molecular weight excluding hydrogens is 602 g/mol. The Morgan fingerprint density at radius 1 is 1.08 bits per heavy atom. The van der Waals surface area contributed by atoms with Crippen molar-refractivity contribution in [3.63, 3.8) is 0 Å². The summed E-state index contributed by atoms with van der Waals surface area (Å²) < 4.78 is 7.52. The van der Waals surface area contributed by atoms with Gasteiger partial charge in [0.2, 0.25) is 0 Å². The molecule has 7 nitrogen and oxygen atoms in total. The topological polar surface area (TPSA) is 85.8 Å². The Bertz CT molecular complexity index is 969. The first-order chi connectivity index (χ1) is 12.4. The van der Waals surface area contributed by atoms with E-state index in [2.05, 4.69) is 83.6 Å². The summed E-state index contributed by atoms with van der Waals surface area (Å²) in [5.41, 5.74) is 2.58. The summed E-state index contributed by atoms with van der Waals surface area (Å²) in [6.07, 6.45) is 4.91. The van der Waals surface area contributed by atoms with Crippen LogP contribution in [0.15, 0.2) is 30.4 Å². The number of imidazole rings is 1. The fourth-order valence-electron chi connectivity index (χ4n) is 2.54. The van der Waals surface area contributed by atoms with Crippen LogP contribution in [0.25, 0.3) is 11.0 Å². The maximum Gasteiger partial charge on any atom is 0.303 e. The molecule has 0 aliphatic rings. The van der Waals surface area contributed by atoms with Crippen molar-refractivity contribution in [1.29, 1.82) is 0 Å². The highest BCUT2D eigenvalue weighted by molar-refractivity contribution is 9.15. The molecule has 0 unspecified atom stereocenters. The molecule has 0 saturated carbocycles. The van der Waals surface area contributed by atoms with Gasteiger partial charge in [-0.2, -0.15) is 0 Å². The third-order valence-corrected chi connectivity index (χ3v) is 8.53. The van der Waals surface area contributed by atoms with Crippen LogP contribution in [0.1, 0.15) is 18.5 Å². The molecule has 26 heavy (non-hydrogen) atoms. The molecular formula is C15H13Br4N5O2. The van der Waals surface area contributed by atoms with E-state index in [1.807, 2.05) is 6.33 Å². The minimum atomic E-state index is -0.832. The summed E-state index contributed by atoms with van der Waals surface area (Å²) in [7, 11) is 0. The van der Waals surface area contributed by atoms with Gasteiger partial charge in [0.25, 0.3) is 0 Å². The number of nitrogens with zero attached hydrogens (tertiary/aromatic N) is 5. The highest BCUT2D eigenvalue weighted by atomic mass is 79.9. The Hall–Kier alpha value is -0.780. The fourth-order valence-corrected chi connectivity index (χ4v) is 4.95. The van der Waals surface area contributed by atoms with Gasteiger partial charge in [-0.25, -0.2) is 4.98 Å². The number of aromatic nitrogens is 5. The monoisotopic (exact) mass is 611 g/mol. The predicted octanol–water partition coefficient (Wildman–Crippen LogP) is 4.79. The van der Waals surface area contributed by atoms with Crippen LogP contribution in [0.3, 0.4) is 0 Å². The van der Waals surface area contributed by atoms with E-state index in [0.29, 0.717) is 18.7 Å². The zero-order valence-corrected chi connectivity index (χ0v) is 19.6. The Labute approximate surface area is 182 Å². The van der Waals surface area contributed by atoms with Gasteiger partial charge in [-0.3, -0.25) is 9.48 Å². The zero-order valence-electron chi connectivity index (χ0n) is 13.3. The highest BCUT2D eigenvalue weighted by Gasteiger charge is 2.17. The first-order valence-corrected chi connectivity index (χ1v) is 10.8. The number of hydrogen-bond acceptors (Lipinski definition) is 4. The Balaban J connectivity index is 1.68. The van der Waals surface area contributed by atoms with Crippen LogP contribution in [0.2, 0.25) is 0 Å². The molecule has 1 N–H and O–H groups in total. The van der Waals surface area contributed by atoms with Gasteiger partial charge < -0.3 is 9.67 Å². The second-order valence-electron chi connectivity index (χ2n) is 5.61. The number of rotatable bonds is 7. The van der Waals surface area contributed by atoms with Crippen molar-refractivity contribution in [2.75, 3.05) is 0 Å². The predicted molar refractivity (Wildman–Crippen MR) is 111 cm³/mol. The molecule has 0 aliphatic heterocycles. The zero-order chi connectivity index (χ0) is 18.8. The lowest BCUT2D eigenvalue weighted by Gasteiger charge is -2.09. The van der Waals surface area contributed by atoms with Gasteiger partial charge in [0.15, 0.2) is 0 Å². The third-order valence-electron chi connectivity index (χ3n) is 3.80. The maximum atomic E-state index is 10.6. The normalized spacial score (nSPS) is 11.4. The van der Waals surface area contributed by atoms with Crippen molar-refractivity contribution >= 4 is 80.7 Å². The number of aryl methyl sites for hydroxylation is 3. The van der Waals surface area contributed by atoms with Crippen molar-refractivity contribution in [2.24, 2.45) is 0 Å². The van der Waals surface area contributed by atoms with E-state index >= 15 is 0 Å².